The van der Waals surface area contributed by atoms with E-state index in [2.05, 4.69) is 29.1 Å². The van der Waals surface area contributed by atoms with Gasteiger partial charge in [-0.3, -0.25) is 0 Å². The highest BCUT2D eigenvalue weighted by Gasteiger charge is 2.45. The first kappa shape index (κ1) is 12.1. The molecule has 1 fully saturated rings. The molecule has 0 spiro atoms. The standard InChI is InChI=1S/C13H21N3O/c1-5-17-11-6-9(2)15-12(16-11)14-8-10-7-13(10,3)4/h6,10H,5,7-8H2,1-4H3,(H,14,15,16). The van der Waals surface area contributed by atoms with Crippen LogP contribution in [0.2, 0.25) is 0 Å². The van der Waals surface area contributed by atoms with Crippen LogP contribution in [-0.2, 0) is 0 Å². The summed E-state index contributed by atoms with van der Waals surface area (Å²) in [7, 11) is 0. The fourth-order valence-electron chi connectivity index (χ4n) is 1.98. The predicted molar refractivity (Wildman–Crippen MR) is 68.3 cm³/mol. The third-order valence-electron chi connectivity index (χ3n) is 3.35. The second kappa shape index (κ2) is 4.51. The summed E-state index contributed by atoms with van der Waals surface area (Å²) >= 11 is 0. The lowest BCUT2D eigenvalue weighted by Gasteiger charge is -2.09. The van der Waals surface area contributed by atoms with Crippen molar-refractivity contribution in [3.8, 4) is 5.88 Å². The minimum absolute atomic E-state index is 0.486. The molecule has 4 heteroatoms. The molecule has 1 aliphatic rings. The number of aryl methyl sites for hydroxylation is 1. The van der Waals surface area contributed by atoms with Gasteiger partial charge in [-0.2, -0.15) is 4.98 Å². The van der Waals surface area contributed by atoms with Crippen LogP contribution in [0.5, 0.6) is 5.88 Å². The van der Waals surface area contributed by atoms with E-state index < -0.39 is 0 Å². The second-order valence-electron chi connectivity index (χ2n) is 5.37. The Kier molecular flexibility index (Phi) is 3.22. The normalized spacial score (nSPS) is 21.1. The van der Waals surface area contributed by atoms with Crippen LogP contribution in [0.4, 0.5) is 5.95 Å². The van der Waals surface area contributed by atoms with Crippen molar-refractivity contribution >= 4 is 5.95 Å². The molecule has 0 saturated heterocycles. The number of aromatic nitrogens is 2. The van der Waals surface area contributed by atoms with Crippen LogP contribution in [0.25, 0.3) is 0 Å². The van der Waals surface area contributed by atoms with E-state index >= 15 is 0 Å². The molecule has 17 heavy (non-hydrogen) atoms. The van der Waals surface area contributed by atoms with Gasteiger partial charge >= 0.3 is 0 Å². The van der Waals surface area contributed by atoms with Crippen molar-refractivity contribution in [2.75, 3.05) is 18.5 Å². The molecule has 1 saturated carbocycles. The Balaban J connectivity index is 1.96. The van der Waals surface area contributed by atoms with Gasteiger partial charge in [-0.25, -0.2) is 4.98 Å². The van der Waals surface area contributed by atoms with Gasteiger partial charge in [-0.1, -0.05) is 13.8 Å². The fourth-order valence-corrected chi connectivity index (χ4v) is 1.98. The maximum Gasteiger partial charge on any atom is 0.226 e. The van der Waals surface area contributed by atoms with E-state index in [0.29, 0.717) is 23.9 Å². The molecule has 2 rings (SSSR count). The summed E-state index contributed by atoms with van der Waals surface area (Å²) in [6.07, 6.45) is 1.28. The van der Waals surface area contributed by atoms with E-state index in [0.717, 1.165) is 18.2 Å². The monoisotopic (exact) mass is 235 g/mol. The molecule has 1 atom stereocenters. The number of anilines is 1. The zero-order chi connectivity index (χ0) is 12.5. The van der Waals surface area contributed by atoms with Crippen LogP contribution in [0.1, 0.15) is 32.9 Å². The molecule has 0 radical (unpaired) electrons. The summed E-state index contributed by atoms with van der Waals surface area (Å²) in [5.41, 5.74) is 1.42. The SMILES string of the molecule is CCOc1cc(C)nc(NCC2CC2(C)C)n1. The average molecular weight is 235 g/mol. The summed E-state index contributed by atoms with van der Waals surface area (Å²) in [5.74, 6) is 2.07. The summed E-state index contributed by atoms with van der Waals surface area (Å²) in [6, 6.07) is 1.86. The molecule has 1 aliphatic carbocycles. The van der Waals surface area contributed by atoms with Crippen LogP contribution < -0.4 is 10.1 Å². The maximum absolute atomic E-state index is 5.40. The van der Waals surface area contributed by atoms with Crippen molar-refractivity contribution in [2.24, 2.45) is 11.3 Å². The topological polar surface area (TPSA) is 47.0 Å². The number of nitrogens with one attached hydrogen (secondary N) is 1. The lowest BCUT2D eigenvalue weighted by Crippen LogP contribution is -2.11. The van der Waals surface area contributed by atoms with Gasteiger partial charge in [0.2, 0.25) is 11.8 Å². The molecule has 1 heterocycles. The van der Waals surface area contributed by atoms with Crippen molar-refractivity contribution in [3.63, 3.8) is 0 Å². The highest BCUT2D eigenvalue weighted by atomic mass is 16.5. The first-order chi connectivity index (χ1) is 8.01. The molecule has 1 aromatic rings. The van der Waals surface area contributed by atoms with Crippen molar-refractivity contribution in [1.29, 1.82) is 0 Å². The Hall–Kier alpha value is -1.32. The quantitative estimate of drug-likeness (QED) is 0.852. The smallest absolute Gasteiger partial charge is 0.226 e. The highest BCUT2D eigenvalue weighted by Crippen LogP contribution is 2.51. The van der Waals surface area contributed by atoms with Gasteiger partial charge in [0.25, 0.3) is 0 Å². The van der Waals surface area contributed by atoms with E-state index in [9.17, 15) is 0 Å². The zero-order valence-corrected chi connectivity index (χ0v) is 11.1. The maximum atomic E-state index is 5.40. The Labute approximate surface area is 103 Å². The summed E-state index contributed by atoms with van der Waals surface area (Å²) in [5, 5.41) is 3.30. The molecule has 0 bridgehead atoms. The Bertz CT molecular complexity index is 404. The molecule has 0 aromatic carbocycles. The van der Waals surface area contributed by atoms with Crippen molar-refractivity contribution < 1.29 is 4.74 Å². The molecule has 0 amide bonds. The Morgan fingerprint density at radius 1 is 1.47 bits per heavy atom. The van der Waals surface area contributed by atoms with Crippen LogP contribution in [0.3, 0.4) is 0 Å². The molecule has 4 nitrogen and oxygen atoms in total. The number of hydrogen-bond donors (Lipinski definition) is 1. The van der Waals surface area contributed by atoms with Gasteiger partial charge < -0.3 is 10.1 Å². The first-order valence-corrected chi connectivity index (χ1v) is 6.23. The molecule has 1 unspecified atom stereocenters. The van der Waals surface area contributed by atoms with E-state index in [-0.39, 0.29) is 0 Å². The van der Waals surface area contributed by atoms with Gasteiger partial charge in [0.1, 0.15) is 0 Å². The molecular formula is C13H21N3O. The fraction of sp³-hybridized carbons (Fsp3) is 0.692. The number of hydrogen-bond acceptors (Lipinski definition) is 4. The van der Waals surface area contributed by atoms with Crippen LogP contribution >= 0.6 is 0 Å². The Morgan fingerprint density at radius 2 is 2.18 bits per heavy atom. The van der Waals surface area contributed by atoms with E-state index in [4.69, 9.17) is 4.74 Å². The van der Waals surface area contributed by atoms with Crippen LogP contribution in [-0.4, -0.2) is 23.1 Å². The molecule has 1 aromatic heterocycles. The minimum atomic E-state index is 0.486. The van der Waals surface area contributed by atoms with Gasteiger partial charge in [-0.15, -0.1) is 0 Å². The van der Waals surface area contributed by atoms with E-state index in [1.807, 2.05) is 19.9 Å². The summed E-state index contributed by atoms with van der Waals surface area (Å²) in [6.45, 7) is 10.1. The largest absolute Gasteiger partial charge is 0.478 e. The van der Waals surface area contributed by atoms with Gasteiger partial charge in [0.05, 0.1) is 6.61 Å². The lowest BCUT2D eigenvalue weighted by molar-refractivity contribution is 0.326. The molecule has 0 aliphatic heterocycles. The van der Waals surface area contributed by atoms with E-state index in [1.165, 1.54) is 6.42 Å². The van der Waals surface area contributed by atoms with E-state index in [1.54, 1.807) is 0 Å². The average Bonchev–Trinajstić information content (AvgIpc) is 2.83. The number of ether oxygens (including phenoxy) is 1. The summed E-state index contributed by atoms with van der Waals surface area (Å²) in [4.78, 5) is 8.69. The Morgan fingerprint density at radius 3 is 2.76 bits per heavy atom. The zero-order valence-electron chi connectivity index (χ0n) is 11.1. The third kappa shape index (κ3) is 3.08. The van der Waals surface area contributed by atoms with Crippen molar-refractivity contribution in [1.82, 2.24) is 9.97 Å². The molecule has 1 N–H and O–H groups in total. The number of nitrogens with zero attached hydrogens (tertiary/aromatic N) is 2. The first-order valence-electron chi connectivity index (χ1n) is 6.23. The molecular weight excluding hydrogens is 214 g/mol. The minimum Gasteiger partial charge on any atom is -0.478 e. The van der Waals surface area contributed by atoms with Crippen LogP contribution in [0.15, 0.2) is 6.07 Å². The van der Waals surface area contributed by atoms with Gasteiger partial charge in [0, 0.05) is 18.3 Å². The summed E-state index contributed by atoms with van der Waals surface area (Å²) < 4.78 is 5.40. The lowest BCUT2D eigenvalue weighted by atomic mass is 10.1. The van der Waals surface area contributed by atoms with Crippen LogP contribution in [0, 0.1) is 18.3 Å². The van der Waals surface area contributed by atoms with Gasteiger partial charge in [0.15, 0.2) is 0 Å². The van der Waals surface area contributed by atoms with Crippen molar-refractivity contribution in [3.05, 3.63) is 11.8 Å². The molecule has 94 valence electrons. The second-order valence-corrected chi connectivity index (χ2v) is 5.37. The van der Waals surface area contributed by atoms with Crippen molar-refractivity contribution in [2.45, 2.75) is 34.1 Å². The van der Waals surface area contributed by atoms with Gasteiger partial charge in [-0.05, 0) is 31.6 Å². The third-order valence-corrected chi connectivity index (χ3v) is 3.35. The number of rotatable bonds is 5. The predicted octanol–water partition coefficient (Wildman–Crippen LogP) is 2.64. The highest BCUT2D eigenvalue weighted by molar-refractivity contribution is 5.31.